The van der Waals surface area contributed by atoms with Gasteiger partial charge in [-0.15, -0.1) is 0 Å². The first kappa shape index (κ1) is 14.1. The number of nitrogens with one attached hydrogen (secondary N) is 1. The van der Waals surface area contributed by atoms with E-state index in [4.69, 9.17) is 4.42 Å². The zero-order chi connectivity index (χ0) is 14.4. The van der Waals surface area contributed by atoms with Crippen LogP contribution in [0, 0.1) is 0 Å². The van der Waals surface area contributed by atoms with Crippen molar-refractivity contribution in [1.29, 1.82) is 0 Å². The third kappa shape index (κ3) is 3.86. The van der Waals surface area contributed by atoms with Crippen LogP contribution in [0.5, 0.6) is 0 Å². The minimum absolute atomic E-state index is 0.180. The summed E-state index contributed by atoms with van der Waals surface area (Å²) >= 11 is 0. The van der Waals surface area contributed by atoms with E-state index in [0.717, 1.165) is 12.2 Å². The molecule has 106 valence electrons. The van der Waals surface area contributed by atoms with Crippen molar-refractivity contribution in [3.8, 4) is 0 Å². The number of benzene rings is 1. The zero-order valence-electron chi connectivity index (χ0n) is 11.7. The third-order valence-electron chi connectivity index (χ3n) is 2.79. The molecule has 0 unspecified atom stereocenters. The molecule has 0 saturated carbocycles. The van der Waals surface area contributed by atoms with Gasteiger partial charge in [0.25, 0.3) is 0 Å². The second kappa shape index (κ2) is 6.77. The SMILES string of the molecule is CN(C)CCN(Nc1ccccc1)C(=O)c1ccco1. The highest BCUT2D eigenvalue weighted by atomic mass is 16.3. The number of amides is 1. The summed E-state index contributed by atoms with van der Waals surface area (Å²) in [6.07, 6.45) is 1.50. The lowest BCUT2D eigenvalue weighted by atomic mass is 10.3. The summed E-state index contributed by atoms with van der Waals surface area (Å²) in [7, 11) is 3.94. The van der Waals surface area contributed by atoms with Crippen LogP contribution in [0.4, 0.5) is 5.69 Å². The van der Waals surface area contributed by atoms with E-state index in [1.807, 2.05) is 49.3 Å². The third-order valence-corrected chi connectivity index (χ3v) is 2.79. The van der Waals surface area contributed by atoms with Crippen molar-refractivity contribution in [2.24, 2.45) is 0 Å². The molecule has 0 fully saturated rings. The Morgan fingerprint density at radius 1 is 1.10 bits per heavy atom. The predicted molar refractivity (Wildman–Crippen MR) is 78.4 cm³/mol. The van der Waals surface area contributed by atoms with Gasteiger partial charge in [-0.25, -0.2) is 5.01 Å². The van der Waals surface area contributed by atoms with Gasteiger partial charge < -0.3 is 9.32 Å². The quantitative estimate of drug-likeness (QED) is 0.821. The molecule has 0 aliphatic heterocycles. The van der Waals surface area contributed by atoms with E-state index in [9.17, 15) is 4.79 Å². The van der Waals surface area contributed by atoms with E-state index in [1.54, 1.807) is 17.1 Å². The molecule has 0 aliphatic carbocycles. The Hall–Kier alpha value is -2.27. The van der Waals surface area contributed by atoms with Crippen molar-refractivity contribution in [2.75, 3.05) is 32.6 Å². The average Bonchev–Trinajstić information content (AvgIpc) is 2.97. The number of anilines is 1. The Morgan fingerprint density at radius 2 is 1.85 bits per heavy atom. The Balaban J connectivity index is 2.10. The molecule has 5 nitrogen and oxygen atoms in total. The molecule has 0 bridgehead atoms. The Bertz CT molecular complexity index is 523. The van der Waals surface area contributed by atoms with Crippen LogP contribution in [-0.2, 0) is 0 Å². The molecule has 20 heavy (non-hydrogen) atoms. The molecule has 2 aromatic rings. The number of hydrazine groups is 1. The molecular weight excluding hydrogens is 254 g/mol. The molecular formula is C15H19N3O2. The van der Waals surface area contributed by atoms with Gasteiger partial charge in [-0.3, -0.25) is 10.2 Å². The van der Waals surface area contributed by atoms with Crippen LogP contribution in [0.3, 0.4) is 0 Å². The van der Waals surface area contributed by atoms with Crippen molar-refractivity contribution in [3.63, 3.8) is 0 Å². The molecule has 0 aliphatic rings. The van der Waals surface area contributed by atoms with Gasteiger partial charge in [-0.1, -0.05) is 18.2 Å². The lowest BCUT2D eigenvalue weighted by Gasteiger charge is -2.25. The standard InChI is InChI=1S/C15H19N3O2/c1-17(2)10-11-18(15(19)14-9-6-12-20-14)16-13-7-4-3-5-8-13/h3-9,12,16H,10-11H2,1-2H3. The molecule has 0 spiro atoms. The summed E-state index contributed by atoms with van der Waals surface area (Å²) in [6.45, 7) is 1.31. The summed E-state index contributed by atoms with van der Waals surface area (Å²) < 4.78 is 5.18. The molecule has 1 N–H and O–H groups in total. The number of hydrogen-bond donors (Lipinski definition) is 1. The van der Waals surface area contributed by atoms with Gasteiger partial charge in [0.1, 0.15) is 0 Å². The highest BCUT2D eigenvalue weighted by Gasteiger charge is 2.18. The number of hydrogen-bond acceptors (Lipinski definition) is 4. The monoisotopic (exact) mass is 273 g/mol. The molecule has 1 amide bonds. The molecule has 2 rings (SSSR count). The lowest BCUT2D eigenvalue weighted by Crippen LogP contribution is -2.40. The maximum atomic E-state index is 12.4. The molecule has 0 radical (unpaired) electrons. The first-order valence-corrected chi connectivity index (χ1v) is 6.48. The van der Waals surface area contributed by atoms with Crippen LogP contribution >= 0.6 is 0 Å². The minimum Gasteiger partial charge on any atom is -0.459 e. The average molecular weight is 273 g/mol. The van der Waals surface area contributed by atoms with E-state index in [2.05, 4.69) is 5.43 Å². The largest absolute Gasteiger partial charge is 0.459 e. The fourth-order valence-corrected chi connectivity index (χ4v) is 1.71. The first-order chi connectivity index (χ1) is 9.66. The van der Waals surface area contributed by atoms with Gasteiger partial charge in [0.05, 0.1) is 18.5 Å². The number of para-hydroxylation sites is 1. The summed E-state index contributed by atoms with van der Waals surface area (Å²) in [4.78, 5) is 14.4. The van der Waals surface area contributed by atoms with Gasteiger partial charge in [0.15, 0.2) is 5.76 Å². The van der Waals surface area contributed by atoms with Crippen LogP contribution < -0.4 is 5.43 Å². The topological polar surface area (TPSA) is 48.7 Å². The summed E-state index contributed by atoms with van der Waals surface area (Å²) in [6, 6.07) is 13.0. The second-order valence-corrected chi connectivity index (χ2v) is 4.72. The van der Waals surface area contributed by atoms with E-state index in [0.29, 0.717) is 12.3 Å². The van der Waals surface area contributed by atoms with Crippen LogP contribution in [0.2, 0.25) is 0 Å². The minimum atomic E-state index is -0.180. The van der Waals surface area contributed by atoms with Crippen molar-refractivity contribution in [2.45, 2.75) is 0 Å². The lowest BCUT2D eigenvalue weighted by molar-refractivity contribution is 0.0753. The smallest absolute Gasteiger partial charge is 0.307 e. The van der Waals surface area contributed by atoms with Crippen LogP contribution in [0.1, 0.15) is 10.6 Å². The maximum absolute atomic E-state index is 12.4. The Morgan fingerprint density at radius 3 is 2.45 bits per heavy atom. The molecule has 0 atom stereocenters. The number of furan rings is 1. The Labute approximate surface area is 118 Å². The van der Waals surface area contributed by atoms with Crippen molar-refractivity contribution < 1.29 is 9.21 Å². The number of rotatable bonds is 6. The maximum Gasteiger partial charge on any atom is 0.307 e. The van der Waals surface area contributed by atoms with Crippen molar-refractivity contribution >= 4 is 11.6 Å². The van der Waals surface area contributed by atoms with Crippen LogP contribution in [0.15, 0.2) is 53.1 Å². The van der Waals surface area contributed by atoms with Crippen molar-refractivity contribution in [3.05, 3.63) is 54.5 Å². The summed E-state index contributed by atoms with van der Waals surface area (Å²) in [5, 5.41) is 1.56. The fourth-order valence-electron chi connectivity index (χ4n) is 1.71. The van der Waals surface area contributed by atoms with E-state index in [1.165, 1.54) is 6.26 Å². The normalized spacial score (nSPS) is 10.6. The number of carbonyl (C=O) groups excluding carboxylic acids is 1. The van der Waals surface area contributed by atoms with E-state index in [-0.39, 0.29) is 5.91 Å². The summed E-state index contributed by atoms with van der Waals surface area (Å²) in [5.74, 6) is 0.146. The van der Waals surface area contributed by atoms with Gasteiger partial charge in [-0.05, 0) is 38.4 Å². The Kier molecular flexibility index (Phi) is 4.79. The molecule has 1 heterocycles. The number of carbonyl (C=O) groups is 1. The number of likely N-dealkylation sites (N-methyl/N-ethyl adjacent to an activating group) is 1. The van der Waals surface area contributed by atoms with Crippen molar-refractivity contribution in [1.82, 2.24) is 9.91 Å². The van der Waals surface area contributed by atoms with Crippen LogP contribution in [-0.4, -0.2) is 43.0 Å². The molecule has 5 heteroatoms. The zero-order valence-corrected chi connectivity index (χ0v) is 11.7. The van der Waals surface area contributed by atoms with Gasteiger partial charge >= 0.3 is 5.91 Å². The highest BCUT2D eigenvalue weighted by molar-refractivity contribution is 5.92. The van der Waals surface area contributed by atoms with E-state index >= 15 is 0 Å². The molecule has 1 aromatic carbocycles. The highest BCUT2D eigenvalue weighted by Crippen LogP contribution is 2.10. The molecule has 0 saturated heterocycles. The van der Waals surface area contributed by atoms with Gasteiger partial charge in [0, 0.05) is 6.54 Å². The summed E-state index contributed by atoms with van der Waals surface area (Å²) in [5.41, 5.74) is 3.99. The predicted octanol–water partition coefficient (Wildman–Crippen LogP) is 2.31. The van der Waals surface area contributed by atoms with Gasteiger partial charge in [-0.2, -0.15) is 0 Å². The second-order valence-electron chi connectivity index (χ2n) is 4.72. The van der Waals surface area contributed by atoms with E-state index < -0.39 is 0 Å². The number of nitrogens with zero attached hydrogens (tertiary/aromatic N) is 2. The van der Waals surface area contributed by atoms with Crippen LogP contribution in [0.25, 0.3) is 0 Å². The first-order valence-electron chi connectivity index (χ1n) is 6.48. The fraction of sp³-hybridized carbons (Fsp3) is 0.267. The molecule has 1 aromatic heterocycles. The van der Waals surface area contributed by atoms with Gasteiger partial charge in [0.2, 0.25) is 0 Å².